The Morgan fingerprint density at radius 1 is 1.09 bits per heavy atom. The van der Waals surface area contributed by atoms with E-state index in [2.05, 4.69) is 25.5 Å². The maximum atomic E-state index is 12.0. The van der Waals surface area contributed by atoms with Gasteiger partial charge in [0.1, 0.15) is 6.33 Å². The van der Waals surface area contributed by atoms with Crippen molar-refractivity contribution in [3.05, 3.63) is 55.3 Å². The highest BCUT2D eigenvalue weighted by Crippen LogP contribution is 2.02. The quantitative estimate of drug-likeness (QED) is 0.676. The first-order valence-electron chi connectivity index (χ1n) is 6.89. The monoisotopic (exact) mass is 297 g/mol. The summed E-state index contributed by atoms with van der Waals surface area (Å²) in [6, 6.07) is 3.38. The smallest absolute Gasteiger partial charge is 0.271 e. The van der Waals surface area contributed by atoms with Crippen LogP contribution in [0.5, 0.6) is 0 Å². The molecule has 1 amide bonds. The lowest BCUT2D eigenvalue weighted by Crippen LogP contribution is -2.26. The molecule has 0 unspecified atom stereocenters. The molecule has 8 heteroatoms. The van der Waals surface area contributed by atoms with Gasteiger partial charge in [-0.3, -0.25) is 9.36 Å². The highest BCUT2D eigenvalue weighted by atomic mass is 16.1. The van der Waals surface area contributed by atoms with Crippen LogP contribution in [0.15, 0.2) is 49.6 Å². The fraction of sp³-hybridized carbons (Fsp3) is 0.214. The van der Waals surface area contributed by atoms with Gasteiger partial charge in [0.05, 0.1) is 6.33 Å². The molecule has 0 aliphatic rings. The Morgan fingerprint density at radius 3 is 2.64 bits per heavy atom. The van der Waals surface area contributed by atoms with E-state index in [0.717, 1.165) is 13.0 Å². The van der Waals surface area contributed by atoms with Crippen LogP contribution < -0.4 is 5.32 Å². The number of carbonyl (C=O) groups excluding carboxylic acids is 1. The molecule has 22 heavy (non-hydrogen) atoms. The summed E-state index contributed by atoms with van der Waals surface area (Å²) in [6.45, 7) is 1.38. The van der Waals surface area contributed by atoms with Gasteiger partial charge in [0, 0.05) is 37.9 Å². The number of carbonyl (C=O) groups is 1. The number of hydrogen-bond donors (Lipinski definition) is 1. The normalized spacial score (nSPS) is 10.5. The Morgan fingerprint density at radius 2 is 1.95 bits per heavy atom. The largest absolute Gasteiger partial charge is 0.351 e. The SMILES string of the molecule is O=C(NCCCn1ccnc1)c1ccc(-n2ccnc2)nn1. The number of aromatic nitrogens is 6. The van der Waals surface area contributed by atoms with Crippen LogP contribution in [0.4, 0.5) is 0 Å². The number of aryl methyl sites for hydroxylation is 1. The van der Waals surface area contributed by atoms with Gasteiger partial charge in [-0.05, 0) is 18.6 Å². The van der Waals surface area contributed by atoms with Gasteiger partial charge >= 0.3 is 0 Å². The maximum Gasteiger partial charge on any atom is 0.271 e. The summed E-state index contributed by atoms with van der Waals surface area (Å²) in [7, 11) is 0. The lowest BCUT2D eigenvalue weighted by Gasteiger charge is -2.05. The Labute approximate surface area is 126 Å². The Bertz CT molecular complexity index is 704. The van der Waals surface area contributed by atoms with Crippen molar-refractivity contribution >= 4 is 5.91 Å². The van der Waals surface area contributed by atoms with Gasteiger partial charge in [-0.1, -0.05) is 0 Å². The fourth-order valence-corrected chi connectivity index (χ4v) is 1.95. The van der Waals surface area contributed by atoms with Crippen molar-refractivity contribution in [3.8, 4) is 5.82 Å². The predicted octanol–water partition coefficient (Wildman–Crippen LogP) is 0.679. The average Bonchev–Trinajstić information content (AvgIpc) is 3.25. The zero-order valence-electron chi connectivity index (χ0n) is 11.8. The van der Waals surface area contributed by atoms with Crippen LogP contribution in [0.25, 0.3) is 5.82 Å². The number of imidazole rings is 2. The standard InChI is InChI=1S/C14H15N7O/c22-14(17-4-1-7-20-8-5-15-10-20)12-2-3-13(19-18-12)21-9-6-16-11-21/h2-3,5-6,8-11H,1,4,7H2,(H,17,22). The molecule has 0 bridgehead atoms. The van der Waals surface area contributed by atoms with E-state index in [1.54, 1.807) is 47.9 Å². The molecule has 0 saturated carbocycles. The molecule has 3 heterocycles. The van der Waals surface area contributed by atoms with Gasteiger partial charge in [0.2, 0.25) is 0 Å². The minimum atomic E-state index is -0.227. The van der Waals surface area contributed by atoms with E-state index >= 15 is 0 Å². The van der Waals surface area contributed by atoms with Crippen LogP contribution in [-0.2, 0) is 6.54 Å². The summed E-state index contributed by atoms with van der Waals surface area (Å²) in [5, 5.41) is 10.8. The minimum absolute atomic E-state index is 0.227. The van der Waals surface area contributed by atoms with Gasteiger partial charge < -0.3 is 9.88 Å². The van der Waals surface area contributed by atoms with Crippen LogP contribution in [0.2, 0.25) is 0 Å². The fourth-order valence-electron chi connectivity index (χ4n) is 1.95. The second-order valence-electron chi connectivity index (χ2n) is 4.66. The molecule has 8 nitrogen and oxygen atoms in total. The van der Waals surface area contributed by atoms with E-state index < -0.39 is 0 Å². The van der Waals surface area contributed by atoms with Crippen molar-refractivity contribution in [2.75, 3.05) is 6.54 Å². The first-order valence-corrected chi connectivity index (χ1v) is 6.89. The highest BCUT2D eigenvalue weighted by molar-refractivity contribution is 5.92. The highest BCUT2D eigenvalue weighted by Gasteiger charge is 2.08. The third-order valence-corrected chi connectivity index (χ3v) is 3.09. The molecule has 0 spiro atoms. The van der Waals surface area contributed by atoms with Crippen LogP contribution in [0.3, 0.4) is 0 Å². The minimum Gasteiger partial charge on any atom is -0.351 e. The van der Waals surface area contributed by atoms with Crippen molar-refractivity contribution in [1.82, 2.24) is 34.6 Å². The van der Waals surface area contributed by atoms with Crippen molar-refractivity contribution in [3.63, 3.8) is 0 Å². The molecule has 0 atom stereocenters. The van der Waals surface area contributed by atoms with Gasteiger partial charge in [-0.2, -0.15) is 0 Å². The summed E-state index contributed by atoms with van der Waals surface area (Å²) >= 11 is 0. The second-order valence-corrected chi connectivity index (χ2v) is 4.66. The maximum absolute atomic E-state index is 12.0. The summed E-state index contributed by atoms with van der Waals surface area (Å²) in [4.78, 5) is 19.9. The van der Waals surface area contributed by atoms with E-state index in [0.29, 0.717) is 18.1 Å². The van der Waals surface area contributed by atoms with Gasteiger partial charge in [0.25, 0.3) is 5.91 Å². The number of amides is 1. The first kappa shape index (κ1) is 13.9. The summed E-state index contributed by atoms with van der Waals surface area (Å²) in [5.41, 5.74) is 0.298. The Balaban J connectivity index is 1.49. The van der Waals surface area contributed by atoms with Crippen molar-refractivity contribution in [2.45, 2.75) is 13.0 Å². The third kappa shape index (κ3) is 3.35. The molecule has 0 aliphatic carbocycles. The molecule has 3 aromatic rings. The van der Waals surface area contributed by atoms with Gasteiger partial charge in [-0.25, -0.2) is 9.97 Å². The molecular formula is C14H15N7O. The number of nitrogens with one attached hydrogen (secondary N) is 1. The molecule has 0 saturated heterocycles. The predicted molar refractivity (Wildman–Crippen MR) is 78.3 cm³/mol. The molecule has 3 aromatic heterocycles. The molecular weight excluding hydrogens is 282 g/mol. The van der Waals surface area contributed by atoms with E-state index in [4.69, 9.17) is 0 Å². The van der Waals surface area contributed by atoms with Crippen LogP contribution >= 0.6 is 0 Å². The van der Waals surface area contributed by atoms with E-state index in [9.17, 15) is 4.79 Å². The molecule has 0 aromatic carbocycles. The van der Waals surface area contributed by atoms with Crippen molar-refractivity contribution < 1.29 is 4.79 Å². The lowest BCUT2D eigenvalue weighted by atomic mass is 10.3. The topological polar surface area (TPSA) is 90.5 Å². The number of hydrogen-bond acceptors (Lipinski definition) is 5. The molecule has 0 radical (unpaired) electrons. The number of rotatable bonds is 6. The van der Waals surface area contributed by atoms with Crippen LogP contribution in [-0.4, -0.2) is 41.8 Å². The summed E-state index contributed by atoms with van der Waals surface area (Å²) < 4.78 is 3.69. The Hall–Kier alpha value is -3.03. The van der Waals surface area contributed by atoms with Crippen molar-refractivity contribution in [2.24, 2.45) is 0 Å². The molecule has 3 rings (SSSR count). The molecule has 0 fully saturated rings. The first-order chi connectivity index (χ1) is 10.8. The van der Waals surface area contributed by atoms with Gasteiger partial charge in [0.15, 0.2) is 11.5 Å². The van der Waals surface area contributed by atoms with Crippen LogP contribution in [0.1, 0.15) is 16.9 Å². The zero-order chi connectivity index (χ0) is 15.2. The Kier molecular flexibility index (Phi) is 4.19. The van der Waals surface area contributed by atoms with E-state index in [1.165, 1.54) is 0 Å². The summed E-state index contributed by atoms with van der Waals surface area (Å²) in [6.07, 6.45) is 11.2. The zero-order valence-corrected chi connectivity index (χ0v) is 11.8. The van der Waals surface area contributed by atoms with Gasteiger partial charge in [-0.15, -0.1) is 10.2 Å². The molecule has 112 valence electrons. The summed E-state index contributed by atoms with van der Waals surface area (Å²) in [5.74, 6) is 0.393. The second kappa shape index (κ2) is 6.61. The van der Waals surface area contributed by atoms with E-state index in [1.807, 2.05) is 10.8 Å². The molecule has 0 aliphatic heterocycles. The van der Waals surface area contributed by atoms with Crippen LogP contribution in [0, 0.1) is 0 Å². The van der Waals surface area contributed by atoms with Crippen molar-refractivity contribution in [1.29, 1.82) is 0 Å². The molecule has 1 N–H and O–H groups in total. The average molecular weight is 297 g/mol. The number of nitrogens with zero attached hydrogens (tertiary/aromatic N) is 6. The lowest BCUT2D eigenvalue weighted by molar-refractivity contribution is 0.0946. The van der Waals surface area contributed by atoms with E-state index in [-0.39, 0.29) is 5.91 Å². The third-order valence-electron chi connectivity index (χ3n) is 3.09.